The van der Waals surface area contributed by atoms with Crippen LogP contribution in [-0.2, 0) is 19.5 Å². The number of rotatable bonds is 6. The van der Waals surface area contributed by atoms with Crippen LogP contribution in [0.3, 0.4) is 0 Å². The number of pyridine rings is 1. The van der Waals surface area contributed by atoms with E-state index in [0.29, 0.717) is 23.4 Å². The molecule has 0 aliphatic carbocycles. The van der Waals surface area contributed by atoms with Crippen molar-refractivity contribution in [2.45, 2.75) is 19.5 Å². The van der Waals surface area contributed by atoms with Crippen molar-refractivity contribution in [2.75, 3.05) is 16.8 Å². The highest BCUT2D eigenvalue weighted by atomic mass is 16.2. The minimum Gasteiger partial charge on any atom is -0.352 e. The first-order chi connectivity index (χ1) is 17.2. The van der Waals surface area contributed by atoms with Crippen LogP contribution in [0.1, 0.15) is 37.4 Å². The molecular formula is C29H26N4O2. The Bertz CT molecular complexity index is 1340. The summed E-state index contributed by atoms with van der Waals surface area (Å²) >= 11 is 0. The monoisotopic (exact) mass is 462 g/mol. The molecule has 35 heavy (non-hydrogen) atoms. The maximum atomic E-state index is 12.9. The zero-order valence-corrected chi connectivity index (χ0v) is 19.3. The van der Waals surface area contributed by atoms with Gasteiger partial charge in [-0.15, -0.1) is 0 Å². The van der Waals surface area contributed by atoms with Gasteiger partial charge in [-0.1, -0.05) is 60.7 Å². The van der Waals surface area contributed by atoms with Gasteiger partial charge in [-0.25, -0.2) is 4.98 Å². The Morgan fingerprint density at radius 1 is 0.800 bits per heavy atom. The van der Waals surface area contributed by atoms with Gasteiger partial charge in [-0.05, 0) is 53.4 Å². The third-order valence-electron chi connectivity index (χ3n) is 6.17. The lowest BCUT2D eigenvalue weighted by atomic mass is 10.00. The first-order valence-electron chi connectivity index (χ1n) is 11.7. The van der Waals surface area contributed by atoms with Crippen LogP contribution in [0.5, 0.6) is 0 Å². The summed E-state index contributed by atoms with van der Waals surface area (Å²) in [7, 11) is 0. The molecule has 6 heteroatoms. The molecule has 0 spiro atoms. The molecule has 2 amide bonds. The third kappa shape index (κ3) is 5.22. The number of hydrogen-bond acceptors (Lipinski definition) is 4. The van der Waals surface area contributed by atoms with E-state index in [1.807, 2.05) is 18.2 Å². The van der Waals surface area contributed by atoms with Crippen molar-refractivity contribution >= 4 is 23.3 Å². The maximum Gasteiger partial charge on any atom is 0.255 e. The number of fused-ring (bicyclic) bond motifs is 1. The van der Waals surface area contributed by atoms with Gasteiger partial charge >= 0.3 is 0 Å². The van der Waals surface area contributed by atoms with Crippen molar-refractivity contribution in [3.8, 4) is 0 Å². The molecular weight excluding hydrogens is 436 g/mol. The molecule has 5 rings (SSSR count). The van der Waals surface area contributed by atoms with Gasteiger partial charge < -0.3 is 15.5 Å². The van der Waals surface area contributed by atoms with Gasteiger partial charge in [0.15, 0.2) is 0 Å². The molecule has 4 aromatic rings. The molecule has 1 aliphatic heterocycles. The van der Waals surface area contributed by atoms with Gasteiger partial charge in [0.1, 0.15) is 5.82 Å². The highest BCUT2D eigenvalue weighted by Crippen LogP contribution is 2.23. The molecule has 0 fully saturated rings. The van der Waals surface area contributed by atoms with E-state index in [1.54, 1.807) is 54.7 Å². The van der Waals surface area contributed by atoms with Crippen molar-refractivity contribution in [2.24, 2.45) is 0 Å². The van der Waals surface area contributed by atoms with E-state index in [2.05, 4.69) is 44.8 Å². The normalized spacial score (nSPS) is 12.5. The summed E-state index contributed by atoms with van der Waals surface area (Å²) in [4.78, 5) is 32.3. The predicted molar refractivity (Wildman–Crippen MR) is 137 cm³/mol. The Morgan fingerprint density at radius 2 is 1.54 bits per heavy atom. The standard InChI is InChI=1S/C29H26N4O2/c34-28(23-9-2-1-3-10-23)32-26-13-7-6-12-25(26)29(35)31-19-21-14-15-27(30-18-21)33-17-16-22-8-4-5-11-24(22)20-33/h1-15,18H,16-17,19-20H2,(H,31,35)(H,32,34). The van der Waals surface area contributed by atoms with Gasteiger partial charge in [-0.2, -0.15) is 0 Å². The fourth-order valence-electron chi connectivity index (χ4n) is 4.25. The smallest absolute Gasteiger partial charge is 0.255 e. The average molecular weight is 463 g/mol. The van der Waals surface area contributed by atoms with E-state index in [4.69, 9.17) is 0 Å². The van der Waals surface area contributed by atoms with Crippen LogP contribution in [0.15, 0.2) is 97.2 Å². The van der Waals surface area contributed by atoms with Crippen molar-refractivity contribution in [3.05, 3.63) is 125 Å². The molecule has 0 atom stereocenters. The van der Waals surface area contributed by atoms with E-state index in [9.17, 15) is 9.59 Å². The number of carbonyl (C=O) groups excluding carboxylic acids is 2. The summed E-state index contributed by atoms with van der Waals surface area (Å²) in [6.45, 7) is 2.13. The van der Waals surface area contributed by atoms with Crippen molar-refractivity contribution in [1.82, 2.24) is 10.3 Å². The highest BCUT2D eigenvalue weighted by Gasteiger charge is 2.17. The van der Waals surface area contributed by atoms with E-state index < -0.39 is 0 Å². The number of hydrogen-bond donors (Lipinski definition) is 2. The largest absolute Gasteiger partial charge is 0.352 e. The summed E-state index contributed by atoms with van der Waals surface area (Å²) in [6.07, 6.45) is 2.81. The molecule has 0 saturated carbocycles. The summed E-state index contributed by atoms with van der Waals surface area (Å²) in [6, 6.07) is 28.4. The summed E-state index contributed by atoms with van der Waals surface area (Å²) < 4.78 is 0. The second-order valence-electron chi connectivity index (χ2n) is 8.51. The summed E-state index contributed by atoms with van der Waals surface area (Å²) in [5.41, 5.74) is 5.07. The van der Waals surface area contributed by atoms with Crippen LogP contribution < -0.4 is 15.5 Å². The fourth-order valence-corrected chi connectivity index (χ4v) is 4.25. The van der Waals surface area contributed by atoms with Crippen LogP contribution in [0, 0.1) is 0 Å². The fraction of sp³-hybridized carbons (Fsp3) is 0.138. The molecule has 6 nitrogen and oxygen atoms in total. The lowest BCUT2D eigenvalue weighted by Crippen LogP contribution is -2.31. The zero-order valence-electron chi connectivity index (χ0n) is 19.3. The molecule has 0 bridgehead atoms. The number of nitrogens with zero attached hydrogens (tertiary/aromatic N) is 2. The summed E-state index contributed by atoms with van der Waals surface area (Å²) in [5, 5.41) is 5.78. The first-order valence-corrected chi connectivity index (χ1v) is 11.7. The zero-order chi connectivity index (χ0) is 24.0. The Labute approximate surface area is 204 Å². The number of nitrogens with one attached hydrogen (secondary N) is 2. The van der Waals surface area contributed by atoms with E-state index >= 15 is 0 Å². The highest BCUT2D eigenvalue weighted by molar-refractivity contribution is 6.08. The molecule has 0 radical (unpaired) electrons. The molecule has 1 aliphatic rings. The minimum absolute atomic E-state index is 0.258. The second kappa shape index (κ2) is 10.2. The molecule has 174 valence electrons. The van der Waals surface area contributed by atoms with Gasteiger partial charge in [0.25, 0.3) is 11.8 Å². The molecule has 3 aromatic carbocycles. The number of carbonyl (C=O) groups is 2. The van der Waals surface area contributed by atoms with Crippen LogP contribution >= 0.6 is 0 Å². The van der Waals surface area contributed by atoms with Gasteiger partial charge in [0.05, 0.1) is 11.3 Å². The maximum absolute atomic E-state index is 12.9. The number of amides is 2. The third-order valence-corrected chi connectivity index (χ3v) is 6.17. The van der Waals surface area contributed by atoms with Crippen LogP contribution in [-0.4, -0.2) is 23.3 Å². The van der Waals surface area contributed by atoms with Crippen molar-refractivity contribution < 1.29 is 9.59 Å². The Balaban J connectivity index is 1.21. The molecule has 1 aromatic heterocycles. The number of para-hydroxylation sites is 1. The van der Waals surface area contributed by atoms with Gasteiger partial charge in [0, 0.05) is 31.4 Å². The lowest BCUT2D eigenvalue weighted by molar-refractivity contribution is 0.0951. The van der Waals surface area contributed by atoms with E-state index in [0.717, 1.165) is 30.9 Å². The second-order valence-corrected chi connectivity index (χ2v) is 8.51. The Kier molecular flexibility index (Phi) is 6.52. The lowest BCUT2D eigenvalue weighted by Gasteiger charge is -2.29. The Hall–Kier alpha value is -4.45. The minimum atomic E-state index is -0.259. The number of aromatic nitrogens is 1. The van der Waals surface area contributed by atoms with Crippen LogP contribution in [0.4, 0.5) is 11.5 Å². The topological polar surface area (TPSA) is 74.3 Å². The Morgan fingerprint density at radius 3 is 2.34 bits per heavy atom. The first kappa shape index (κ1) is 22.3. The number of anilines is 2. The summed E-state index contributed by atoms with van der Waals surface area (Å²) in [5.74, 6) is 0.417. The number of benzene rings is 3. The van der Waals surface area contributed by atoms with Crippen molar-refractivity contribution in [1.29, 1.82) is 0 Å². The molecule has 0 unspecified atom stereocenters. The van der Waals surface area contributed by atoms with E-state index in [1.165, 1.54) is 11.1 Å². The molecule has 2 heterocycles. The van der Waals surface area contributed by atoms with Gasteiger partial charge in [0.2, 0.25) is 0 Å². The van der Waals surface area contributed by atoms with Crippen LogP contribution in [0.25, 0.3) is 0 Å². The SMILES string of the molecule is O=C(Nc1ccccc1C(=O)NCc1ccc(N2CCc3ccccc3C2)nc1)c1ccccc1. The molecule has 2 N–H and O–H groups in total. The van der Waals surface area contributed by atoms with E-state index in [-0.39, 0.29) is 11.8 Å². The van der Waals surface area contributed by atoms with Crippen LogP contribution in [0.2, 0.25) is 0 Å². The average Bonchev–Trinajstić information content (AvgIpc) is 2.92. The quantitative estimate of drug-likeness (QED) is 0.431. The van der Waals surface area contributed by atoms with Crippen molar-refractivity contribution in [3.63, 3.8) is 0 Å². The molecule has 0 saturated heterocycles. The predicted octanol–water partition coefficient (Wildman–Crippen LogP) is 4.83. The van der Waals surface area contributed by atoms with Gasteiger partial charge in [-0.3, -0.25) is 9.59 Å².